The van der Waals surface area contributed by atoms with Gasteiger partial charge in [0.2, 0.25) is 0 Å². The van der Waals surface area contributed by atoms with Crippen LogP contribution in [0.2, 0.25) is 0 Å². The molecule has 0 aliphatic heterocycles. The minimum atomic E-state index is -0.124. The summed E-state index contributed by atoms with van der Waals surface area (Å²) in [6.07, 6.45) is 6.07. The maximum atomic E-state index is 9.81. The molecule has 1 aromatic heterocycles. The van der Waals surface area contributed by atoms with E-state index in [9.17, 15) is 5.11 Å². The van der Waals surface area contributed by atoms with Crippen LogP contribution in [0.5, 0.6) is 0 Å². The van der Waals surface area contributed by atoms with Crippen molar-refractivity contribution in [3.63, 3.8) is 0 Å². The fraction of sp³-hybridized carbons (Fsp3) is 0.818. The first-order valence-corrected chi connectivity index (χ1v) is 5.99. The zero-order valence-electron chi connectivity index (χ0n) is 9.76. The lowest BCUT2D eigenvalue weighted by molar-refractivity contribution is 0.0694. The summed E-state index contributed by atoms with van der Waals surface area (Å²) in [5.41, 5.74) is 0. The molecule has 16 heavy (non-hydrogen) atoms. The van der Waals surface area contributed by atoms with Crippen molar-refractivity contribution in [2.45, 2.75) is 38.3 Å². The van der Waals surface area contributed by atoms with Gasteiger partial charge in [0.25, 0.3) is 0 Å². The number of aliphatic hydroxyl groups is 1. The second-order valence-corrected chi connectivity index (χ2v) is 4.60. The van der Waals surface area contributed by atoms with Crippen molar-refractivity contribution >= 4 is 0 Å². The van der Waals surface area contributed by atoms with Crippen molar-refractivity contribution in [1.82, 2.24) is 20.1 Å². The van der Waals surface area contributed by atoms with Crippen LogP contribution in [-0.2, 0) is 13.6 Å². The van der Waals surface area contributed by atoms with Gasteiger partial charge in [0.15, 0.2) is 0 Å². The van der Waals surface area contributed by atoms with Crippen LogP contribution >= 0.6 is 0 Å². The Morgan fingerprint density at radius 1 is 1.50 bits per heavy atom. The van der Waals surface area contributed by atoms with Gasteiger partial charge in [-0.15, -0.1) is 10.2 Å². The number of rotatable bonds is 4. The molecule has 90 valence electrons. The van der Waals surface area contributed by atoms with E-state index in [4.69, 9.17) is 0 Å². The molecule has 2 unspecified atom stereocenters. The molecular weight excluding hydrogens is 204 g/mol. The second-order valence-electron chi connectivity index (χ2n) is 4.60. The van der Waals surface area contributed by atoms with Crippen LogP contribution in [0.25, 0.3) is 0 Å². The normalized spacial score (nSPS) is 25.9. The van der Waals surface area contributed by atoms with Crippen molar-refractivity contribution in [3.8, 4) is 0 Å². The molecule has 1 aliphatic carbocycles. The van der Waals surface area contributed by atoms with Gasteiger partial charge < -0.3 is 15.0 Å². The SMILES string of the molecule is Cn1cnnc1CNCC1CCCCC1O. The monoisotopic (exact) mass is 224 g/mol. The maximum absolute atomic E-state index is 9.81. The van der Waals surface area contributed by atoms with E-state index in [2.05, 4.69) is 15.5 Å². The standard InChI is InChI=1S/C11H20N4O/c1-15-8-13-14-11(15)7-12-6-9-4-2-3-5-10(9)16/h8-10,12,16H,2-7H2,1H3. The molecular formula is C11H20N4O. The molecule has 2 N–H and O–H groups in total. The summed E-state index contributed by atoms with van der Waals surface area (Å²) in [7, 11) is 1.94. The molecule has 0 bridgehead atoms. The number of nitrogens with zero attached hydrogens (tertiary/aromatic N) is 3. The summed E-state index contributed by atoms with van der Waals surface area (Å²) >= 11 is 0. The number of nitrogens with one attached hydrogen (secondary N) is 1. The minimum Gasteiger partial charge on any atom is -0.393 e. The first-order valence-electron chi connectivity index (χ1n) is 5.99. The largest absolute Gasteiger partial charge is 0.393 e. The summed E-state index contributed by atoms with van der Waals surface area (Å²) in [4.78, 5) is 0. The van der Waals surface area contributed by atoms with E-state index in [-0.39, 0.29) is 6.10 Å². The molecule has 0 spiro atoms. The smallest absolute Gasteiger partial charge is 0.146 e. The molecule has 1 saturated carbocycles. The molecule has 1 aliphatic rings. The van der Waals surface area contributed by atoms with E-state index in [1.54, 1.807) is 6.33 Å². The van der Waals surface area contributed by atoms with Gasteiger partial charge in [-0.25, -0.2) is 0 Å². The van der Waals surface area contributed by atoms with Crippen LogP contribution in [0, 0.1) is 5.92 Å². The molecule has 1 heterocycles. The molecule has 2 atom stereocenters. The van der Waals surface area contributed by atoms with E-state index in [1.165, 1.54) is 12.8 Å². The second kappa shape index (κ2) is 5.41. The number of aryl methyl sites for hydroxylation is 1. The third kappa shape index (κ3) is 2.80. The third-order valence-electron chi connectivity index (χ3n) is 3.36. The van der Waals surface area contributed by atoms with Crippen LogP contribution < -0.4 is 5.32 Å². The number of aliphatic hydroxyl groups excluding tert-OH is 1. The molecule has 0 amide bonds. The van der Waals surface area contributed by atoms with Gasteiger partial charge in [0.1, 0.15) is 12.2 Å². The fourth-order valence-electron chi connectivity index (χ4n) is 2.26. The number of hydrogen-bond acceptors (Lipinski definition) is 4. The molecule has 1 aromatic rings. The molecule has 0 saturated heterocycles. The molecule has 0 aromatic carbocycles. The van der Waals surface area contributed by atoms with E-state index < -0.39 is 0 Å². The molecule has 5 nitrogen and oxygen atoms in total. The summed E-state index contributed by atoms with van der Waals surface area (Å²) in [5.74, 6) is 1.34. The van der Waals surface area contributed by atoms with Gasteiger partial charge in [0.05, 0.1) is 12.6 Å². The lowest BCUT2D eigenvalue weighted by atomic mass is 9.86. The van der Waals surface area contributed by atoms with Crippen molar-refractivity contribution < 1.29 is 5.11 Å². The first-order chi connectivity index (χ1) is 7.77. The Kier molecular flexibility index (Phi) is 3.90. The van der Waals surface area contributed by atoms with Crippen molar-refractivity contribution in [1.29, 1.82) is 0 Å². The van der Waals surface area contributed by atoms with E-state index in [0.29, 0.717) is 5.92 Å². The summed E-state index contributed by atoms with van der Waals surface area (Å²) in [6, 6.07) is 0. The van der Waals surface area contributed by atoms with Crippen LogP contribution in [0.3, 0.4) is 0 Å². The lowest BCUT2D eigenvalue weighted by Crippen LogP contribution is -2.34. The van der Waals surface area contributed by atoms with Crippen molar-refractivity contribution in [2.24, 2.45) is 13.0 Å². The van der Waals surface area contributed by atoms with Crippen LogP contribution in [0.15, 0.2) is 6.33 Å². The van der Waals surface area contributed by atoms with Crippen molar-refractivity contribution in [2.75, 3.05) is 6.54 Å². The first kappa shape index (κ1) is 11.5. The Bertz CT molecular complexity index is 326. The predicted octanol–water partition coefficient (Wildman–Crippen LogP) is 0.456. The molecule has 5 heteroatoms. The van der Waals surface area contributed by atoms with Crippen LogP contribution in [0.4, 0.5) is 0 Å². The Hall–Kier alpha value is -0.940. The average Bonchev–Trinajstić information content (AvgIpc) is 2.67. The molecule has 0 radical (unpaired) electrons. The van der Waals surface area contributed by atoms with Gasteiger partial charge >= 0.3 is 0 Å². The summed E-state index contributed by atoms with van der Waals surface area (Å²) in [6.45, 7) is 1.59. The van der Waals surface area contributed by atoms with E-state index >= 15 is 0 Å². The quantitative estimate of drug-likeness (QED) is 0.779. The summed E-state index contributed by atoms with van der Waals surface area (Å²) in [5, 5.41) is 21.0. The zero-order valence-corrected chi connectivity index (χ0v) is 9.76. The highest BCUT2D eigenvalue weighted by atomic mass is 16.3. The maximum Gasteiger partial charge on any atom is 0.146 e. The Balaban J connectivity index is 1.73. The van der Waals surface area contributed by atoms with Crippen LogP contribution in [-0.4, -0.2) is 32.5 Å². The molecule has 1 fully saturated rings. The highest BCUT2D eigenvalue weighted by Crippen LogP contribution is 2.23. The third-order valence-corrected chi connectivity index (χ3v) is 3.36. The Morgan fingerprint density at radius 2 is 2.31 bits per heavy atom. The zero-order chi connectivity index (χ0) is 11.4. The van der Waals surface area contributed by atoms with E-state index in [1.807, 2.05) is 11.6 Å². The highest BCUT2D eigenvalue weighted by molar-refractivity contribution is 4.84. The predicted molar refractivity (Wildman–Crippen MR) is 60.7 cm³/mol. The summed E-state index contributed by atoms with van der Waals surface area (Å²) < 4.78 is 1.91. The van der Waals surface area contributed by atoms with Gasteiger partial charge in [-0.1, -0.05) is 12.8 Å². The van der Waals surface area contributed by atoms with Gasteiger partial charge in [-0.05, 0) is 18.8 Å². The van der Waals surface area contributed by atoms with Gasteiger partial charge in [-0.3, -0.25) is 0 Å². The number of aromatic nitrogens is 3. The van der Waals surface area contributed by atoms with Gasteiger partial charge in [0, 0.05) is 13.6 Å². The Morgan fingerprint density at radius 3 is 3.00 bits per heavy atom. The lowest BCUT2D eigenvalue weighted by Gasteiger charge is -2.27. The van der Waals surface area contributed by atoms with E-state index in [0.717, 1.165) is 31.8 Å². The topological polar surface area (TPSA) is 63.0 Å². The highest BCUT2D eigenvalue weighted by Gasteiger charge is 2.22. The number of hydrogen-bond donors (Lipinski definition) is 2. The van der Waals surface area contributed by atoms with Crippen molar-refractivity contribution in [3.05, 3.63) is 12.2 Å². The van der Waals surface area contributed by atoms with Gasteiger partial charge in [-0.2, -0.15) is 0 Å². The fourth-order valence-corrected chi connectivity index (χ4v) is 2.26. The average molecular weight is 224 g/mol. The molecule has 2 rings (SSSR count). The Labute approximate surface area is 95.9 Å². The minimum absolute atomic E-state index is 0.124. The van der Waals surface area contributed by atoms with Crippen LogP contribution in [0.1, 0.15) is 31.5 Å².